The molecule has 0 aliphatic heterocycles. The maximum atomic E-state index is 4.85. The quantitative estimate of drug-likeness (QED) is 0.407. The molecule has 110 valence electrons. The predicted octanol–water partition coefficient (Wildman–Crippen LogP) is 6.33. The van der Waals surface area contributed by atoms with E-state index in [1.54, 1.807) is 0 Å². The fourth-order valence-electron chi connectivity index (χ4n) is 2.80. The number of hydrogen-bond donors (Lipinski definition) is 0. The summed E-state index contributed by atoms with van der Waals surface area (Å²) in [6.45, 7) is 0. The second-order valence-corrected chi connectivity index (χ2v) is 6.36. The second kappa shape index (κ2) is 5.98. The molecule has 4 aromatic rings. The zero-order valence-corrected chi connectivity index (χ0v) is 14.0. The van der Waals surface area contributed by atoms with Crippen LogP contribution in [-0.2, 0) is 0 Å². The molecule has 0 bridgehead atoms. The van der Waals surface area contributed by atoms with Gasteiger partial charge in [0.05, 0.1) is 11.2 Å². The molecule has 0 N–H and O–H groups in total. The number of halogens is 1. The minimum atomic E-state index is 0.995. The Morgan fingerprint density at radius 3 is 2.13 bits per heavy atom. The van der Waals surface area contributed by atoms with Crippen LogP contribution in [-0.4, -0.2) is 4.98 Å². The van der Waals surface area contributed by atoms with Crippen LogP contribution in [0, 0.1) is 0 Å². The lowest BCUT2D eigenvalue weighted by atomic mass is 9.98. The van der Waals surface area contributed by atoms with Crippen LogP contribution in [0.25, 0.3) is 33.3 Å². The minimum Gasteiger partial charge on any atom is -0.248 e. The van der Waals surface area contributed by atoms with Crippen LogP contribution in [0.15, 0.2) is 89.4 Å². The van der Waals surface area contributed by atoms with Gasteiger partial charge in [-0.1, -0.05) is 76.6 Å². The molecule has 0 saturated carbocycles. The molecule has 4 rings (SSSR count). The number of nitrogens with zero attached hydrogens (tertiary/aromatic N) is 1. The first-order valence-corrected chi connectivity index (χ1v) is 8.32. The zero-order valence-electron chi connectivity index (χ0n) is 12.4. The number of aromatic nitrogens is 1. The molecule has 0 fully saturated rings. The van der Waals surface area contributed by atoms with Gasteiger partial charge >= 0.3 is 0 Å². The number of hydrogen-bond acceptors (Lipinski definition) is 1. The van der Waals surface area contributed by atoms with Crippen molar-refractivity contribution in [3.63, 3.8) is 0 Å². The fourth-order valence-corrected chi connectivity index (χ4v) is 3.06. The average molecular weight is 360 g/mol. The van der Waals surface area contributed by atoms with Gasteiger partial charge in [-0.15, -0.1) is 0 Å². The van der Waals surface area contributed by atoms with Crippen LogP contribution in [0.2, 0.25) is 0 Å². The van der Waals surface area contributed by atoms with Gasteiger partial charge in [0, 0.05) is 15.4 Å². The normalized spacial score (nSPS) is 10.8. The van der Waals surface area contributed by atoms with Gasteiger partial charge in [0.15, 0.2) is 0 Å². The van der Waals surface area contributed by atoms with Crippen molar-refractivity contribution in [2.45, 2.75) is 0 Å². The molecule has 2 heteroatoms. The molecule has 0 amide bonds. The molecule has 0 aliphatic carbocycles. The van der Waals surface area contributed by atoms with Crippen LogP contribution in [0.1, 0.15) is 0 Å². The molecule has 23 heavy (non-hydrogen) atoms. The van der Waals surface area contributed by atoms with Crippen molar-refractivity contribution in [1.29, 1.82) is 0 Å². The molecular weight excluding hydrogens is 346 g/mol. The van der Waals surface area contributed by atoms with Gasteiger partial charge in [-0.25, -0.2) is 4.98 Å². The third-order valence-electron chi connectivity index (χ3n) is 3.94. The minimum absolute atomic E-state index is 0.995. The topological polar surface area (TPSA) is 12.9 Å². The third kappa shape index (κ3) is 2.78. The number of pyridine rings is 1. The van der Waals surface area contributed by atoms with Gasteiger partial charge in [0.25, 0.3) is 0 Å². The van der Waals surface area contributed by atoms with Crippen molar-refractivity contribution in [1.82, 2.24) is 4.98 Å². The van der Waals surface area contributed by atoms with Crippen molar-refractivity contribution in [2.75, 3.05) is 0 Å². The SMILES string of the molecule is Brc1ccc(-c2cc(-c3ccccc3)c3ccccc3n2)cc1. The summed E-state index contributed by atoms with van der Waals surface area (Å²) in [7, 11) is 0. The molecule has 0 atom stereocenters. The highest BCUT2D eigenvalue weighted by atomic mass is 79.9. The van der Waals surface area contributed by atoms with E-state index in [9.17, 15) is 0 Å². The maximum absolute atomic E-state index is 4.85. The van der Waals surface area contributed by atoms with Gasteiger partial charge in [-0.3, -0.25) is 0 Å². The number of fused-ring (bicyclic) bond motifs is 1. The first kappa shape index (κ1) is 14.2. The molecular formula is C21H14BrN. The third-order valence-corrected chi connectivity index (χ3v) is 4.47. The Hall–Kier alpha value is -2.45. The molecule has 1 nitrogen and oxygen atoms in total. The summed E-state index contributed by atoms with van der Waals surface area (Å²) in [4.78, 5) is 4.85. The molecule has 0 radical (unpaired) electrons. The van der Waals surface area contributed by atoms with E-state index >= 15 is 0 Å². The summed E-state index contributed by atoms with van der Waals surface area (Å²) >= 11 is 3.49. The van der Waals surface area contributed by atoms with Gasteiger partial charge in [0.1, 0.15) is 0 Å². The average Bonchev–Trinajstić information content (AvgIpc) is 2.62. The van der Waals surface area contributed by atoms with E-state index in [2.05, 4.69) is 76.6 Å². The Balaban J connectivity index is 1.99. The summed E-state index contributed by atoms with van der Waals surface area (Å²) < 4.78 is 1.07. The monoisotopic (exact) mass is 359 g/mol. The Morgan fingerprint density at radius 1 is 0.652 bits per heavy atom. The van der Waals surface area contributed by atoms with Gasteiger partial charge in [0.2, 0.25) is 0 Å². The standard InChI is InChI=1S/C21H14BrN/c22-17-12-10-16(11-13-17)21-14-19(15-6-2-1-3-7-15)18-8-4-5-9-20(18)23-21/h1-14H. The lowest BCUT2D eigenvalue weighted by Crippen LogP contribution is -1.89. The summed E-state index contributed by atoms with van der Waals surface area (Å²) in [5.41, 5.74) is 5.57. The molecule has 3 aromatic carbocycles. The van der Waals surface area contributed by atoms with Gasteiger partial charge in [-0.2, -0.15) is 0 Å². The van der Waals surface area contributed by atoms with E-state index in [0.29, 0.717) is 0 Å². The lowest BCUT2D eigenvalue weighted by molar-refractivity contribution is 1.39. The summed E-state index contributed by atoms with van der Waals surface area (Å²) in [5, 5.41) is 1.18. The lowest BCUT2D eigenvalue weighted by Gasteiger charge is -2.10. The first-order valence-electron chi connectivity index (χ1n) is 7.52. The van der Waals surface area contributed by atoms with Crippen LogP contribution in [0.4, 0.5) is 0 Å². The highest BCUT2D eigenvalue weighted by Gasteiger charge is 2.09. The molecule has 0 spiro atoms. The zero-order chi connectivity index (χ0) is 15.6. The van der Waals surface area contributed by atoms with Crippen molar-refractivity contribution in [3.05, 3.63) is 89.4 Å². The molecule has 0 saturated heterocycles. The van der Waals surface area contributed by atoms with Crippen LogP contribution >= 0.6 is 15.9 Å². The Labute approximate surface area is 143 Å². The van der Waals surface area contributed by atoms with E-state index < -0.39 is 0 Å². The van der Waals surface area contributed by atoms with E-state index in [0.717, 1.165) is 21.2 Å². The van der Waals surface area contributed by atoms with Crippen LogP contribution in [0.5, 0.6) is 0 Å². The van der Waals surface area contributed by atoms with Crippen molar-refractivity contribution in [3.8, 4) is 22.4 Å². The molecule has 0 aliphatic rings. The predicted molar refractivity (Wildman–Crippen MR) is 100 cm³/mol. The van der Waals surface area contributed by atoms with Crippen molar-refractivity contribution < 1.29 is 0 Å². The van der Waals surface area contributed by atoms with Gasteiger partial charge < -0.3 is 0 Å². The Kier molecular flexibility index (Phi) is 3.68. The highest BCUT2D eigenvalue weighted by molar-refractivity contribution is 9.10. The largest absolute Gasteiger partial charge is 0.248 e. The number of benzene rings is 3. The van der Waals surface area contributed by atoms with Crippen molar-refractivity contribution in [2.24, 2.45) is 0 Å². The first-order chi connectivity index (χ1) is 11.3. The van der Waals surface area contributed by atoms with E-state index in [1.165, 1.54) is 16.5 Å². The Morgan fingerprint density at radius 2 is 1.35 bits per heavy atom. The number of rotatable bonds is 2. The van der Waals surface area contributed by atoms with E-state index in [-0.39, 0.29) is 0 Å². The summed E-state index contributed by atoms with van der Waals surface area (Å²) in [5.74, 6) is 0. The maximum Gasteiger partial charge on any atom is 0.0715 e. The van der Waals surface area contributed by atoms with Gasteiger partial charge in [-0.05, 0) is 35.4 Å². The van der Waals surface area contributed by atoms with Crippen molar-refractivity contribution >= 4 is 26.8 Å². The summed E-state index contributed by atoms with van der Waals surface area (Å²) in [6.07, 6.45) is 0. The smallest absolute Gasteiger partial charge is 0.0715 e. The fraction of sp³-hybridized carbons (Fsp3) is 0. The molecule has 1 heterocycles. The highest BCUT2D eigenvalue weighted by Crippen LogP contribution is 2.32. The Bertz CT molecular complexity index is 960. The van der Waals surface area contributed by atoms with Crippen LogP contribution < -0.4 is 0 Å². The molecule has 0 unspecified atom stereocenters. The molecule has 1 aromatic heterocycles. The van der Waals surface area contributed by atoms with E-state index in [1.807, 2.05) is 24.3 Å². The summed E-state index contributed by atoms with van der Waals surface area (Å²) in [6, 6.07) is 29.3. The van der Waals surface area contributed by atoms with Crippen LogP contribution in [0.3, 0.4) is 0 Å². The number of para-hydroxylation sites is 1. The van der Waals surface area contributed by atoms with E-state index in [4.69, 9.17) is 4.98 Å². The second-order valence-electron chi connectivity index (χ2n) is 5.45.